The van der Waals surface area contributed by atoms with Crippen LogP contribution in [0.2, 0.25) is 0 Å². The number of nitro groups is 1. The zero-order valence-electron chi connectivity index (χ0n) is 19.9. The Morgan fingerprint density at radius 3 is 2.29 bits per heavy atom. The van der Waals surface area contributed by atoms with Gasteiger partial charge in [-0.05, 0) is 38.8 Å². The van der Waals surface area contributed by atoms with Gasteiger partial charge in [0.1, 0.15) is 5.82 Å². The van der Waals surface area contributed by atoms with Gasteiger partial charge in [-0.15, -0.1) is 0 Å². The highest BCUT2D eigenvalue weighted by Gasteiger charge is 2.26. The molecule has 0 spiro atoms. The molecule has 0 saturated carbocycles. The molecule has 0 aliphatic heterocycles. The summed E-state index contributed by atoms with van der Waals surface area (Å²) in [5.74, 6) is 0.422. The predicted molar refractivity (Wildman–Crippen MR) is 134 cm³/mol. The van der Waals surface area contributed by atoms with E-state index in [0.29, 0.717) is 24.5 Å². The number of nitrogens with zero attached hydrogens (tertiary/aromatic N) is 3. The molecule has 8 nitrogen and oxygen atoms in total. The molecule has 180 valence electrons. The first-order valence-corrected chi connectivity index (χ1v) is 12.6. The van der Waals surface area contributed by atoms with E-state index in [1.807, 2.05) is 42.2 Å². The average molecular weight is 483 g/mol. The van der Waals surface area contributed by atoms with Gasteiger partial charge in [0.25, 0.3) is 5.69 Å². The van der Waals surface area contributed by atoms with E-state index in [0.717, 1.165) is 12.0 Å². The molecule has 3 rings (SSSR count). The minimum Gasteiger partial charge on any atom is -0.352 e. The Kier molecular flexibility index (Phi) is 7.68. The first kappa shape index (κ1) is 25.3. The SMILES string of the molecule is CCCN(Cc1ccccc1)c1cc([N+](=O)[O-])cc(-c2ccccc2S(=O)(=O)NC(C)(C)C)n1. The van der Waals surface area contributed by atoms with Crippen LogP contribution < -0.4 is 9.62 Å². The fourth-order valence-corrected chi connectivity index (χ4v) is 5.26. The molecule has 0 bridgehead atoms. The van der Waals surface area contributed by atoms with Crippen LogP contribution in [0, 0.1) is 10.1 Å². The van der Waals surface area contributed by atoms with E-state index in [4.69, 9.17) is 4.98 Å². The highest BCUT2D eigenvalue weighted by Crippen LogP contribution is 2.32. The van der Waals surface area contributed by atoms with Gasteiger partial charge in [0.2, 0.25) is 10.0 Å². The molecule has 1 heterocycles. The fourth-order valence-electron chi connectivity index (χ4n) is 3.63. The predicted octanol–water partition coefficient (Wildman–Crippen LogP) is 5.15. The Morgan fingerprint density at radius 1 is 1.03 bits per heavy atom. The van der Waals surface area contributed by atoms with Gasteiger partial charge >= 0.3 is 0 Å². The van der Waals surface area contributed by atoms with Crippen molar-refractivity contribution < 1.29 is 13.3 Å². The normalized spacial score (nSPS) is 11.9. The monoisotopic (exact) mass is 482 g/mol. The number of hydrogen-bond acceptors (Lipinski definition) is 6. The number of anilines is 1. The van der Waals surface area contributed by atoms with Crippen molar-refractivity contribution in [2.45, 2.75) is 51.1 Å². The van der Waals surface area contributed by atoms with E-state index in [2.05, 4.69) is 4.72 Å². The quantitative estimate of drug-likeness (QED) is 0.334. The summed E-state index contributed by atoms with van der Waals surface area (Å²) in [6.45, 7) is 8.44. The summed E-state index contributed by atoms with van der Waals surface area (Å²) < 4.78 is 28.9. The minimum atomic E-state index is -3.90. The molecule has 2 aromatic carbocycles. The van der Waals surface area contributed by atoms with Crippen LogP contribution in [0.3, 0.4) is 0 Å². The van der Waals surface area contributed by atoms with Crippen LogP contribution in [0.15, 0.2) is 71.6 Å². The molecule has 0 aliphatic rings. The largest absolute Gasteiger partial charge is 0.352 e. The van der Waals surface area contributed by atoms with Gasteiger partial charge < -0.3 is 4.90 Å². The number of pyridine rings is 1. The average Bonchev–Trinajstić information content (AvgIpc) is 2.77. The van der Waals surface area contributed by atoms with Crippen LogP contribution in [-0.4, -0.2) is 30.4 Å². The van der Waals surface area contributed by atoms with Gasteiger partial charge in [-0.3, -0.25) is 10.1 Å². The molecule has 3 aromatic rings. The molecule has 1 aromatic heterocycles. The van der Waals surface area contributed by atoms with Gasteiger partial charge in [0.15, 0.2) is 0 Å². The molecule has 0 unspecified atom stereocenters. The third-order valence-electron chi connectivity index (χ3n) is 4.93. The third-order valence-corrected chi connectivity index (χ3v) is 6.75. The molecular formula is C25H30N4O4S. The molecule has 1 N–H and O–H groups in total. The highest BCUT2D eigenvalue weighted by atomic mass is 32.2. The van der Waals surface area contributed by atoms with E-state index >= 15 is 0 Å². The summed E-state index contributed by atoms with van der Waals surface area (Å²) in [5, 5.41) is 11.8. The first-order chi connectivity index (χ1) is 16.0. The highest BCUT2D eigenvalue weighted by molar-refractivity contribution is 7.89. The lowest BCUT2D eigenvalue weighted by molar-refractivity contribution is -0.384. The lowest BCUT2D eigenvalue weighted by Gasteiger charge is -2.24. The second kappa shape index (κ2) is 10.3. The third kappa shape index (κ3) is 6.39. The molecule has 0 radical (unpaired) electrons. The van der Waals surface area contributed by atoms with E-state index in [9.17, 15) is 18.5 Å². The van der Waals surface area contributed by atoms with Crippen molar-refractivity contribution in [3.8, 4) is 11.3 Å². The molecule has 0 aliphatic carbocycles. The fraction of sp³-hybridized carbons (Fsp3) is 0.320. The smallest absolute Gasteiger partial charge is 0.275 e. The number of nitrogens with one attached hydrogen (secondary N) is 1. The maximum Gasteiger partial charge on any atom is 0.275 e. The van der Waals surface area contributed by atoms with E-state index < -0.39 is 20.5 Å². The standard InChI is InChI=1S/C25H30N4O4S/c1-5-15-28(18-19-11-7-6-8-12-19)24-17-20(29(30)31)16-22(26-24)21-13-9-10-14-23(21)34(32,33)27-25(2,3)4/h6-14,16-17,27H,5,15,18H2,1-4H3. The molecule has 0 amide bonds. The lowest BCUT2D eigenvalue weighted by atomic mass is 10.1. The maximum absolute atomic E-state index is 13.1. The van der Waals surface area contributed by atoms with Gasteiger partial charge in [-0.25, -0.2) is 18.1 Å². The topological polar surface area (TPSA) is 105 Å². The molecule has 0 atom stereocenters. The zero-order valence-corrected chi connectivity index (χ0v) is 20.7. The second-order valence-corrected chi connectivity index (χ2v) is 10.7. The minimum absolute atomic E-state index is 0.0222. The molecule has 34 heavy (non-hydrogen) atoms. The van der Waals surface area contributed by atoms with E-state index in [-0.39, 0.29) is 16.3 Å². The van der Waals surface area contributed by atoms with Crippen molar-refractivity contribution in [1.82, 2.24) is 9.71 Å². The van der Waals surface area contributed by atoms with E-state index in [1.54, 1.807) is 39.0 Å². The molecular weight excluding hydrogens is 452 g/mol. The molecule has 9 heteroatoms. The second-order valence-electron chi connectivity index (χ2n) is 9.08. The summed E-state index contributed by atoms with van der Waals surface area (Å²) >= 11 is 0. The number of hydrogen-bond donors (Lipinski definition) is 1. The zero-order chi connectivity index (χ0) is 24.9. The Morgan fingerprint density at radius 2 is 1.68 bits per heavy atom. The lowest BCUT2D eigenvalue weighted by Crippen LogP contribution is -2.40. The number of aromatic nitrogens is 1. The summed E-state index contributed by atoms with van der Waals surface area (Å²) in [6, 6.07) is 19.0. The Balaban J connectivity index is 2.15. The maximum atomic E-state index is 13.1. The van der Waals surface area contributed by atoms with Crippen LogP contribution >= 0.6 is 0 Å². The molecule has 0 saturated heterocycles. The van der Waals surface area contributed by atoms with Gasteiger partial charge in [-0.2, -0.15) is 0 Å². The Bertz CT molecular complexity index is 1260. The number of sulfonamides is 1. The summed E-state index contributed by atoms with van der Waals surface area (Å²) in [6.07, 6.45) is 0.813. The van der Waals surface area contributed by atoms with Crippen molar-refractivity contribution in [1.29, 1.82) is 0 Å². The van der Waals surface area contributed by atoms with Crippen LogP contribution in [0.1, 0.15) is 39.7 Å². The summed E-state index contributed by atoms with van der Waals surface area (Å²) in [5.41, 5.74) is 0.739. The molecule has 0 fully saturated rings. The summed E-state index contributed by atoms with van der Waals surface area (Å²) in [4.78, 5) is 18.0. The number of benzene rings is 2. The van der Waals surface area contributed by atoms with Gasteiger partial charge in [-0.1, -0.05) is 55.5 Å². The van der Waals surface area contributed by atoms with Crippen molar-refractivity contribution >= 4 is 21.5 Å². The van der Waals surface area contributed by atoms with Crippen LogP contribution in [-0.2, 0) is 16.6 Å². The Labute approximate surface area is 200 Å². The van der Waals surface area contributed by atoms with Gasteiger partial charge in [0, 0.05) is 30.3 Å². The van der Waals surface area contributed by atoms with Crippen molar-refractivity contribution in [3.05, 3.63) is 82.4 Å². The van der Waals surface area contributed by atoms with Crippen LogP contribution in [0.4, 0.5) is 11.5 Å². The van der Waals surface area contributed by atoms with Crippen molar-refractivity contribution in [3.63, 3.8) is 0 Å². The number of rotatable bonds is 9. The van der Waals surface area contributed by atoms with Crippen LogP contribution in [0.25, 0.3) is 11.3 Å². The van der Waals surface area contributed by atoms with Crippen LogP contribution in [0.5, 0.6) is 0 Å². The van der Waals surface area contributed by atoms with Gasteiger partial charge in [0.05, 0.1) is 21.6 Å². The first-order valence-electron chi connectivity index (χ1n) is 11.1. The summed E-state index contributed by atoms with van der Waals surface area (Å²) in [7, 11) is -3.90. The van der Waals surface area contributed by atoms with Crippen molar-refractivity contribution in [2.75, 3.05) is 11.4 Å². The Hall–Kier alpha value is -3.30. The van der Waals surface area contributed by atoms with E-state index in [1.165, 1.54) is 18.2 Å². The van der Waals surface area contributed by atoms with Crippen molar-refractivity contribution in [2.24, 2.45) is 0 Å².